The molecular formula is C22H19FN4O4. The molecule has 0 saturated heterocycles. The molecular weight excluding hydrogens is 403 g/mol. The summed E-state index contributed by atoms with van der Waals surface area (Å²) in [6, 6.07) is 12.2. The van der Waals surface area contributed by atoms with Crippen molar-refractivity contribution >= 4 is 17.1 Å². The SMILES string of the molecule is CCn1c(=O)c2c(ncn2Cc2cccc(C(=O)OC)c2)n(-c2ccc(F)cc2)c1=O. The van der Waals surface area contributed by atoms with Crippen molar-refractivity contribution in [3.05, 3.63) is 92.6 Å². The van der Waals surface area contributed by atoms with E-state index in [4.69, 9.17) is 4.74 Å². The molecule has 8 nitrogen and oxygen atoms in total. The van der Waals surface area contributed by atoms with Gasteiger partial charge >= 0.3 is 11.7 Å². The Morgan fingerprint density at radius 3 is 2.55 bits per heavy atom. The second-order valence-corrected chi connectivity index (χ2v) is 6.88. The lowest BCUT2D eigenvalue weighted by molar-refractivity contribution is 0.0600. The van der Waals surface area contributed by atoms with Crippen LogP contribution in [0.25, 0.3) is 16.9 Å². The maximum absolute atomic E-state index is 13.4. The first kappa shape index (κ1) is 20.3. The lowest BCUT2D eigenvalue weighted by atomic mass is 10.1. The third-order valence-electron chi connectivity index (χ3n) is 5.00. The number of esters is 1. The molecule has 31 heavy (non-hydrogen) atoms. The number of aromatic nitrogens is 4. The van der Waals surface area contributed by atoms with Gasteiger partial charge in [-0.15, -0.1) is 0 Å². The van der Waals surface area contributed by atoms with E-state index < -0.39 is 23.0 Å². The number of carbonyl (C=O) groups excluding carboxylic acids is 1. The number of imidazole rings is 1. The quantitative estimate of drug-likeness (QED) is 0.461. The summed E-state index contributed by atoms with van der Waals surface area (Å²) in [6.07, 6.45) is 1.47. The summed E-state index contributed by atoms with van der Waals surface area (Å²) in [4.78, 5) is 42.2. The van der Waals surface area contributed by atoms with Crippen molar-refractivity contribution in [2.24, 2.45) is 0 Å². The van der Waals surface area contributed by atoms with Gasteiger partial charge < -0.3 is 9.30 Å². The Bertz CT molecular complexity index is 1400. The van der Waals surface area contributed by atoms with Gasteiger partial charge in [0.25, 0.3) is 5.56 Å². The topological polar surface area (TPSA) is 88.1 Å². The fourth-order valence-electron chi connectivity index (χ4n) is 3.51. The van der Waals surface area contributed by atoms with Crippen LogP contribution in [-0.4, -0.2) is 31.8 Å². The normalized spacial score (nSPS) is 11.1. The summed E-state index contributed by atoms with van der Waals surface area (Å²) in [5.74, 6) is -0.899. The smallest absolute Gasteiger partial charge is 0.337 e. The molecule has 0 unspecified atom stereocenters. The Morgan fingerprint density at radius 2 is 1.87 bits per heavy atom. The van der Waals surface area contributed by atoms with Crippen molar-refractivity contribution in [2.45, 2.75) is 20.0 Å². The van der Waals surface area contributed by atoms with E-state index in [1.165, 1.54) is 42.3 Å². The van der Waals surface area contributed by atoms with Crippen LogP contribution in [0.15, 0.2) is 64.4 Å². The highest BCUT2D eigenvalue weighted by atomic mass is 19.1. The number of rotatable bonds is 5. The highest BCUT2D eigenvalue weighted by Crippen LogP contribution is 2.16. The fourth-order valence-corrected chi connectivity index (χ4v) is 3.51. The number of benzene rings is 2. The monoisotopic (exact) mass is 422 g/mol. The van der Waals surface area contributed by atoms with E-state index in [0.717, 1.165) is 10.1 Å². The average molecular weight is 422 g/mol. The Hall–Kier alpha value is -4.01. The van der Waals surface area contributed by atoms with Crippen molar-refractivity contribution < 1.29 is 13.9 Å². The number of nitrogens with zero attached hydrogens (tertiary/aromatic N) is 4. The Balaban J connectivity index is 1.91. The molecule has 9 heteroatoms. The maximum Gasteiger partial charge on any atom is 0.337 e. The lowest BCUT2D eigenvalue weighted by Gasteiger charge is -2.12. The van der Waals surface area contributed by atoms with Crippen LogP contribution in [0.5, 0.6) is 0 Å². The molecule has 0 radical (unpaired) electrons. The van der Waals surface area contributed by atoms with E-state index in [9.17, 15) is 18.8 Å². The summed E-state index contributed by atoms with van der Waals surface area (Å²) in [5.41, 5.74) is 0.927. The summed E-state index contributed by atoms with van der Waals surface area (Å²) < 4.78 is 22.2. The summed E-state index contributed by atoms with van der Waals surface area (Å²) in [7, 11) is 1.31. The standard InChI is InChI=1S/C22H19FN4O4/c1-3-26-20(28)18-19(27(22(26)30)17-9-7-16(23)8-10-17)24-13-25(18)12-14-5-4-6-15(11-14)21(29)31-2/h4-11,13H,3,12H2,1-2H3. The van der Waals surface area contributed by atoms with Crippen molar-refractivity contribution in [3.63, 3.8) is 0 Å². The first-order valence-corrected chi connectivity index (χ1v) is 9.58. The molecule has 0 fully saturated rings. The molecule has 0 spiro atoms. The average Bonchev–Trinajstić information content (AvgIpc) is 3.18. The summed E-state index contributed by atoms with van der Waals surface area (Å²) in [5, 5.41) is 0. The van der Waals surface area contributed by atoms with Crippen molar-refractivity contribution in [3.8, 4) is 5.69 Å². The molecule has 0 amide bonds. The number of carbonyl (C=O) groups is 1. The minimum absolute atomic E-state index is 0.164. The highest BCUT2D eigenvalue weighted by Gasteiger charge is 2.19. The van der Waals surface area contributed by atoms with Crippen LogP contribution in [0.2, 0.25) is 0 Å². The minimum Gasteiger partial charge on any atom is -0.465 e. The second kappa shape index (κ2) is 8.02. The molecule has 0 aliphatic rings. The van der Waals surface area contributed by atoms with Crippen LogP contribution in [0.3, 0.4) is 0 Å². The number of halogens is 1. The van der Waals surface area contributed by atoms with Crippen molar-refractivity contribution in [1.82, 2.24) is 18.7 Å². The van der Waals surface area contributed by atoms with Gasteiger partial charge in [0.1, 0.15) is 5.82 Å². The molecule has 2 aromatic heterocycles. The van der Waals surface area contributed by atoms with Crippen LogP contribution >= 0.6 is 0 Å². The van der Waals surface area contributed by atoms with Gasteiger partial charge in [-0.2, -0.15) is 0 Å². The van der Waals surface area contributed by atoms with Gasteiger partial charge in [-0.1, -0.05) is 12.1 Å². The maximum atomic E-state index is 13.4. The predicted molar refractivity (Wildman–Crippen MR) is 112 cm³/mol. The fraction of sp³-hybridized carbons (Fsp3) is 0.182. The largest absolute Gasteiger partial charge is 0.465 e. The van der Waals surface area contributed by atoms with Crippen LogP contribution in [0.1, 0.15) is 22.8 Å². The third-order valence-corrected chi connectivity index (χ3v) is 5.00. The molecule has 4 aromatic rings. The number of fused-ring (bicyclic) bond motifs is 1. The molecule has 2 heterocycles. The van der Waals surface area contributed by atoms with E-state index in [1.54, 1.807) is 29.7 Å². The highest BCUT2D eigenvalue weighted by molar-refractivity contribution is 5.89. The van der Waals surface area contributed by atoms with E-state index >= 15 is 0 Å². The molecule has 0 bridgehead atoms. The van der Waals surface area contributed by atoms with Gasteiger partial charge in [0.15, 0.2) is 11.2 Å². The van der Waals surface area contributed by atoms with Gasteiger partial charge in [0.2, 0.25) is 0 Å². The Kier molecular flexibility index (Phi) is 5.24. The van der Waals surface area contributed by atoms with Gasteiger partial charge in [-0.3, -0.25) is 9.36 Å². The molecule has 0 saturated carbocycles. The first-order valence-electron chi connectivity index (χ1n) is 9.58. The zero-order valence-electron chi connectivity index (χ0n) is 16.9. The molecule has 0 aliphatic heterocycles. The lowest BCUT2D eigenvalue weighted by Crippen LogP contribution is -2.39. The third kappa shape index (κ3) is 3.54. The zero-order chi connectivity index (χ0) is 22.1. The molecule has 0 aliphatic carbocycles. The number of hydrogen-bond acceptors (Lipinski definition) is 5. The Morgan fingerprint density at radius 1 is 1.13 bits per heavy atom. The second-order valence-electron chi connectivity index (χ2n) is 6.88. The van der Waals surface area contributed by atoms with Crippen molar-refractivity contribution in [1.29, 1.82) is 0 Å². The summed E-state index contributed by atoms with van der Waals surface area (Å²) >= 11 is 0. The van der Waals surface area contributed by atoms with E-state index in [2.05, 4.69) is 4.98 Å². The van der Waals surface area contributed by atoms with Crippen molar-refractivity contribution in [2.75, 3.05) is 7.11 Å². The zero-order valence-corrected chi connectivity index (χ0v) is 16.9. The van der Waals surface area contributed by atoms with Gasteiger partial charge in [0, 0.05) is 13.1 Å². The van der Waals surface area contributed by atoms with Gasteiger partial charge in [-0.25, -0.2) is 23.5 Å². The molecule has 0 atom stereocenters. The van der Waals surface area contributed by atoms with Crippen LogP contribution in [-0.2, 0) is 17.8 Å². The number of methoxy groups -OCH3 is 1. The molecule has 2 aromatic carbocycles. The molecule has 158 valence electrons. The minimum atomic E-state index is -0.551. The molecule has 0 N–H and O–H groups in total. The van der Waals surface area contributed by atoms with Gasteiger partial charge in [0.05, 0.1) is 24.7 Å². The number of hydrogen-bond donors (Lipinski definition) is 0. The van der Waals surface area contributed by atoms with E-state index in [0.29, 0.717) is 11.3 Å². The van der Waals surface area contributed by atoms with Crippen LogP contribution < -0.4 is 11.2 Å². The molecule has 4 rings (SSSR count). The Labute approximate surface area is 175 Å². The van der Waals surface area contributed by atoms with E-state index in [1.807, 2.05) is 6.07 Å². The number of ether oxygens (including phenoxy) is 1. The predicted octanol–water partition coefficient (Wildman–Crippen LogP) is 2.34. The van der Waals surface area contributed by atoms with Gasteiger partial charge in [-0.05, 0) is 48.9 Å². The van der Waals surface area contributed by atoms with Crippen LogP contribution in [0.4, 0.5) is 4.39 Å². The van der Waals surface area contributed by atoms with Crippen LogP contribution in [0, 0.1) is 5.82 Å². The summed E-state index contributed by atoms with van der Waals surface area (Å²) in [6.45, 7) is 2.11. The van der Waals surface area contributed by atoms with E-state index in [-0.39, 0.29) is 24.3 Å². The first-order chi connectivity index (χ1) is 14.9.